The van der Waals surface area contributed by atoms with Gasteiger partial charge in [-0.25, -0.2) is 4.98 Å². The molecule has 0 aromatic carbocycles. The zero-order chi connectivity index (χ0) is 19.9. The summed E-state index contributed by atoms with van der Waals surface area (Å²) in [6, 6.07) is 4.27. The lowest BCUT2D eigenvalue weighted by Crippen LogP contribution is -2.42. The number of ether oxygens (including phenoxy) is 2. The summed E-state index contributed by atoms with van der Waals surface area (Å²) >= 11 is 0. The van der Waals surface area contributed by atoms with E-state index in [4.69, 9.17) is 9.47 Å². The Kier molecular flexibility index (Phi) is 16.1. The molecular formula is C20H38IN5O2. The van der Waals surface area contributed by atoms with E-state index in [0.29, 0.717) is 31.7 Å². The summed E-state index contributed by atoms with van der Waals surface area (Å²) in [6.45, 7) is 11.6. The minimum Gasteiger partial charge on any atom is -0.475 e. The SMILES string of the molecule is CCN(CC)CCCC(C)NC(=NC)NCc1cccnc1OCCOC.I. The zero-order valence-electron chi connectivity index (χ0n) is 18.0. The van der Waals surface area contributed by atoms with E-state index in [9.17, 15) is 0 Å². The average Bonchev–Trinajstić information content (AvgIpc) is 2.69. The molecule has 28 heavy (non-hydrogen) atoms. The number of rotatable bonds is 13. The summed E-state index contributed by atoms with van der Waals surface area (Å²) in [6.07, 6.45) is 4.01. The minimum absolute atomic E-state index is 0. The maximum absolute atomic E-state index is 5.68. The van der Waals surface area contributed by atoms with Crippen molar-refractivity contribution in [1.29, 1.82) is 0 Å². The van der Waals surface area contributed by atoms with Crippen molar-refractivity contribution < 1.29 is 9.47 Å². The van der Waals surface area contributed by atoms with Gasteiger partial charge in [0.2, 0.25) is 5.88 Å². The molecule has 1 atom stereocenters. The topological polar surface area (TPSA) is 71.0 Å². The number of aliphatic imine (C=N–C) groups is 1. The largest absolute Gasteiger partial charge is 0.475 e. The Morgan fingerprint density at radius 3 is 2.68 bits per heavy atom. The van der Waals surface area contributed by atoms with Crippen LogP contribution in [0.4, 0.5) is 0 Å². The van der Waals surface area contributed by atoms with Crippen LogP contribution in [0.25, 0.3) is 0 Å². The van der Waals surface area contributed by atoms with Crippen molar-refractivity contribution in [3.63, 3.8) is 0 Å². The summed E-state index contributed by atoms with van der Waals surface area (Å²) in [5.41, 5.74) is 0.991. The first-order valence-electron chi connectivity index (χ1n) is 9.89. The van der Waals surface area contributed by atoms with Gasteiger partial charge in [-0.3, -0.25) is 4.99 Å². The van der Waals surface area contributed by atoms with E-state index in [1.54, 1.807) is 20.4 Å². The highest BCUT2D eigenvalue weighted by molar-refractivity contribution is 14.0. The Morgan fingerprint density at radius 1 is 1.29 bits per heavy atom. The van der Waals surface area contributed by atoms with Crippen molar-refractivity contribution in [3.8, 4) is 5.88 Å². The van der Waals surface area contributed by atoms with Crippen molar-refractivity contribution >= 4 is 29.9 Å². The minimum atomic E-state index is 0. The Labute approximate surface area is 187 Å². The van der Waals surface area contributed by atoms with Gasteiger partial charge in [-0.05, 0) is 45.5 Å². The average molecular weight is 507 g/mol. The van der Waals surface area contributed by atoms with Crippen molar-refractivity contribution in [2.45, 2.75) is 46.2 Å². The zero-order valence-corrected chi connectivity index (χ0v) is 20.4. The quantitative estimate of drug-likeness (QED) is 0.185. The fraction of sp³-hybridized carbons (Fsp3) is 0.700. The fourth-order valence-corrected chi connectivity index (χ4v) is 2.75. The number of methoxy groups -OCH3 is 1. The molecule has 0 aliphatic rings. The van der Waals surface area contributed by atoms with E-state index in [0.717, 1.165) is 37.6 Å². The number of aromatic nitrogens is 1. The van der Waals surface area contributed by atoms with E-state index in [1.807, 2.05) is 12.1 Å². The molecule has 8 heteroatoms. The number of nitrogens with one attached hydrogen (secondary N) is 2. The number of halogens is 1. The van der Waals surface area contributed by atoms with E-state index in [2.05, 4.69) is 46.3 Å². The molecule has 1 heterocycles. The Bertz CT molecular complexity index is 541. The van der Waals surface area contributed by atoms with Crippen molar-refractivity contribution in [1.82, 2.24) is 20.5 Å². The van der Waals surface area contributed by atoms with Gasteiger partial charge < -0.3 is 25.0 Å². The third-order valence-electron chi connectivity index (χ3n) is 4.44. The van der Waals surface area contributed by atoms with Gasteiger partial charge in [0.15, 0.2) is 5.96 Å². The Hall–Kier alpha value is -1.13. The van der Waals surface area contributed by atoms with Crippen LogP contribution in [0.1, 0.15) is 39.2 Å². The van der Waals surface area contributed by atoms with Crippen LogP contribution < -0.4 is 15.4 Å². The van der Waals surface area contributed by atoms with Gasteiger partial charge in [-0.15, -0.1) is 24.0 Å². The predicted octanol–water partition coefficient (Wildman–Crippen LogP) is 2.90. The fourth-order valence-electron chi connectivity index (χ4n) is 2.75. The normalized spacial score (nSPS) is 12.4. The molecule has 0 saturated carbocycles. The van der Waals surface area contributed by atoms with E-state index in [1.165, 1.54) is 6.42 Å². The Morgan fingerprint density at radius 2 is 2.04 bits per heavy atom. The van der Waals surface area contributed by atoms with Crippen LogP contribution in [0, 0.1) is 0 Å². The van der Waals surface area contributed by atoms with Crippen LogP contribution in [0.3, 0.4) is 0 Å². The van der Waals surface area contributed by atoms with E-state index < -0.39 is 0 Å². The molecule has 2 N–H and O–H groups in total. The molecule has 0 bridgehead atoms. The second kappa shape index (κ2) is 16.8. The summed E-state index contributed by atoms with van der Waals surface area (Å²) in [4.78, 5) is 11.1. The lowest BCUT2D eigenvalue weighted by atomic mass is 10.2. The van der Waals surface area contributed by atoms with Crippen LogP contribution in [0.15, 0.2) is 23.3 Å². The molecule has 1 aromatic heterocycles. The third-order valence-corrected chi connectivity index (χ3v) is 4.44. The predicted molar refractivity (Wildman–Crippen MR) is 127 cm³/mol. The molecule has 7 nitrogen and oxygen atoms in total. The van der Waals surface area contributed by atoms with Gasteiger partial charge in [0.25, 0.3) is 0 Å². The highest BCUT2D eigenvalue weighted by Gasteiger charge is 2.09. The number of hydrogen-bond donors (Lipinski definition) is 2. The van der Waals surface area contributed by atoms with Gasteiger partial charge in [0.05, 0.1) is 6.61 Å². The van der Waals surface area contributed by atoms with Crippen molar-refractivity contribution in [3.05, 3.63) is 23.9 Å². The Balaban J connectivity index is 0.00000729. The van der Waals surface area contributed by atoms with E-state index >= 15 is 0 Å². The first-order valence-corrected chi connectivity index (χ1v) is 9.89. The summed E-state index contributed by atoms with van der Waals surface area (Å²) in [5, 5.41) is 6.80. The second-order valence-electron chi connectivity index (χ2n) is 6.45. The number of guanidine groups is 1. The molecule has 0 amide bonds. The van der Waals surface area contributed by atoms with Crippen molar-refractivity contribution in [2.75, 3.05) is 47.0 Å². The standard InChI is InChI=1S/C20H37N5O2.HI/c1-6-25(7-2)13-9-10-17(3)24-20(21-4)23-16-18-11-8-12-22-19(18)27-15-14-26-5;/h8,11-12,17H,6-7,9-10,13-16H2,1-5H3,(H2,21,23,24);1H. The number of pyridine rings is 1. The van der Waals surface area contributed by atoms with Gasteiger partial charge >= 0.3 is 0 Å². The summed E-state index contributed by atoms with van der Waals surface area (Å²) in [5.74, 6) is 1.42. The summed E-state index contributed by atoms with van der Waals surface area (Å²) in [7, 11) is 3.44. The first kappa shape index (κ1) is 26.9. The molecule has 1 rings (SSSR count). The van der Waals surface area contributed by atoms with Crippen LogP contribution in [-0.4, -0.2) is 68.9 Å². The first-order chi connectivity index (χ1) is 13.1. The molecule has 0 fully saturated rings. The molecule has 1 unspecified atom stereocenters. The van der Waals surface area contributed by atoms with Crippen LogP contribution in [0.5, 0.6) is 5.88 Å². The highest BCUT2D eigenvalue weighted by atomic mass is 127. The molecule has 1 aromatic rings. The van der Waals surface area contributed by atoms with Gasteiger partial charge in [0.1, 0.15) is 6.61 Å². The summed E-state index contributed by atoms with van der Waals surface area (Å²) < 4.78 is 10.7. The monoisotopic (exact) mass is 507 g/mol. The molecule has 162 valence electrons. The van der Waals surface area contributed by atoms with Crippen LogP contribution in [0.2, 0.25) is 0 Å². The van der Waals surface area contributed by atoms with Crippen LogP contribution >= 0.6 is 24.0 Å². The second-order valence-corrected chi connectivity index (χ2v) is 6.45. The highest BCUT2D eigenvalue weighted by Crippen LogP contribution is 2.13. The smallest absolute Gasteiger partial charge is 0.218 e. The molecule has 0 aliphatic carbocycles. The molecule has 0 saturated heterocycles. The maximum atomic E-state index is 5.68. The number of hydrogen-bond acceptors (Lipinski definition) is 5. The molecule has 0 radical (unpaired) electrons. The molecule has 0 spiro atoms. The third kappa shape index (κ3) is 11.0. The van der Waals surface area contributed by atoms with Gasteiger partial charge in [0, 0.05) is 38.5 Å². The van der Waals surface area contributed by atoms with Gasteiger partial charge in [-0.2, -0.15) is 0 Å². The lowest BCUT2D eigenvalue weighted by Gasteiger charge is -2.21. The van der Waals surface area contributed by atoms with Crippen LogP contribution in [-0.2, 0) is 11.3 Å². The number of nitrogens with zero attached hydrogens (tertiary/aromatic N) is 3. The molecular weight excluding hydrogens is 469 g/mol. The van der Waals surface area contributed by atoms with Gasteiger partial charge in [-0.1, -0.05) is 19.9 Å². The molecule has 0 aliphatic heterocycles. The maximum Gasteiger partial charge on any atom is 0.218 e. The van der Waals surface area contributed by atoms with E-state index in [-0.39, 0.29) is 24.0 Å². The van der Waals surface area contributed by atoms with Crippen molar-refractivity contribution in [2.24, 2.45) is 4.99 Å². The lowest BCUT2D eigenvalue weighted by molar-refractivity contribution is 0.143.